The fourth-order valence-corrected chi connectivity index (χ4v) is 1.84. The van der Waals surface area contributed by atoms with Crippen LogP contribution in [0, 0.1) is 6.92 Å². The maximum Gasteiger partial charge on any atom is 0.132 e. The van der Waals surface area contributed by atoms with Crippen LogP contribution in [0.15, 0.2) is 36.4 Å². The summed E-state index contributed by atoms with van der Waals surface area (Å²) < 4.78 is 0. The molecule has 1 heterocycles. The number of nitrogens with zero attached hydrogens (tertiary/aromatic N) is 2. The third kappa shape index (κ3) is 2.71. The van der Waals surface area contributed by atoms with Gasteiger partial charge >= 0.3 is 0 Å². The third-order valence-corrected chi connectivity index (χ3v) is 2.73. The number of nitrogen functional groups attached to an aromatic ring is 1. The molecule has 1 aromatic heterocycles. The van der Waals surface area contributed by atoms with Gasteiger partial charge in [-0.15, -0.1) is 0 Å². The minimum Gasteiger partial charge on any atom is -0.384 e. The molecule has 0 bridgehead atoms. The minimum absolute atomic E-state index is 0.514. The lowest BCUT2D eigenvalue weighted by atomic mass is 10.1. The van der Waals surface area contributed by atoms with Gasteiger partial charge in [0.25, 0.3) is 0 Å². The van der Waals surface area contributed by atoms with Crippen molar-refractivity contribution < 1.29 is 0 Å². The summed E-state index contributed by atoms with van der Waals surface area (Å²) in [7, 11) is 4.07. The van der Waals surface area contributed by atoms with Crippen molar-refractivity contribution >= 4 is 23.0 Å². The minimum atomic E-state index is 0.514. The first-order valence-electron chi connectivity index (χ1n) is 5.84. The first-order chi connectivity index (χ1) is 8.56. The largest absolute Gasteiger partial charge is 0.384 e. The highest BCUT2D eigenvalue weighted by Crippen LogP contribution is 2.24. The van der Waals surface area contributed by atoms with Gasteiger partial charge in [0, 0.05) is 25.5 Å². The lowest BCUT2D eigenvalue weighted by Crippen LogP contribution is -2.10. The number of rotatable bonds is 3. The molecule has 0 aliphatic heterocycles. The Morgan fingerprint density at radius 3 is 2.61 bits per heavy atom. The summed E-state index contributed by atoms with van der Waals surface area (Å²) in [4.78, 5) is 6.31. The average Bonchev–Trinajstić information content (AvgIpc) is 2.31. The highest BCUT2D eigenvalue weighted by Gasteiger charge is 2.03. The molecular formula is C14H18N4. The quantitative estimate of drug-likeness (QED) is 0.869. The zero-order valence-electron chi connectivity index (χ0n) is 10.9. The number of benzene rings is 1. The molecule has 4 nitrogen and oxygen atoms in total. The van der Waals surface area contributed by atoms with Crippen LogP contribution in [0.3, 0.4) is 0 Å². The molecule has 0 amide bonds. The predicted molar refractivity (Wildman–Crippen MR) is 77.4 cm³/mol. The first-order valence-corrected chi connectivity index (χ1v) is 5.84. The summed E-state index contributed by atoms with van der Waals surface area (Å²) >= 11 is 0. The van der Waals surface area contributed by atoms with E-state index in [1.807, 2.05) is 32.3 Å². The summed E-state index contributed by atoms with van der Waals surface area (Å²) in [5, 5.41) is 3.25. The van der Waals surface area contributed by atoms with Gasteiger partial charge in [0.15, 0.2) is 0 Å². The van der Waals surface area contributed by atoms with Gasteiger partial charge in [-0.1, -0.05) is 12.1 Å². The fourth-order valence-electron chi connectivity index (χ4n) is 1.84. The van der Waals surface area contributed by atoms with E-state index in [1.54, 1.807) is 6.07 Å². The Labute approximate surface area is 107 Å². The molecule has 1 aromatic carbocycles. The summed E-state index contributed by atoms with van der Waals surface area (Å²) in [6.07, 6.45) is 0. The lowest BCUT2D eigenvalue weighted by Gasteiger charge is -2.17. The number of nitrogens with one attached hydrogen (secondary N) is 1. The average molecular weight is 242 g/mol. The summed E-state index contributed by atoms with van der Waals surface area (Å²) in [6.45, 7) is 2.10. The van der Waals surface area contributed by atoms with Crippen molar-refractivity contribution in [2.24, 2.45) is 0 Å². The van der Waals surface area contributed by atoms with Crippen molar-refractivity contribution in [3.63, 3.8) is 0 Å². The van der Waals surface area contributed by atoms with Crippen molar-refractivity contribution in [3.8, 4) is 0 Å². The zero-order chi connectivity index (χ0) is 13.1. The normalized spacial score (nSPS) is 10.2. The monoisotopic (exact) mass is 242 g/mol. The standard InChI is InChI=1S/C14H18N4/c1-10-7-8-11(9-12(10)18(2)3)16-14-6-4-5-13(15)17-14/h4-9H,1-3H3,(H3,15,16,17). The molecule has 0 aliphatic rings. The van der Waals surface area contributed by atoms with Crippen LogP contribution >= 0.6 is 0 Å². The van der Waals surface area contributed by atoms with Gasteiger partial charge in [-0.25, -0.2) is 4.98 Å². The number of nitrogens with two attached hydrogens (primary N) is 1. The Kier molecular flexibility index (Phi) is 3.37. The van der Waals surface area contributed by atoms with Crippen LogP contribution in [-0.4, -0.2) is 19.1 Å². The molecule has 0 saturated heterocycles. The van der Waals surface area contributed by atoms with Crippen LogP contribution in [0.1, 0.15) is 5.56 Å². The Bertz CT molecular complexity index is 549. The summed E-state index contributed by atoms with van der Waals surface area (Å²) in [5.41, 5.74) is 9.08. The Morgan fingerprint density at radius 2 is 1.94 bits per heavy atom. The molecule has 0 radical (unpaired) electrons. The summed E-state index contributed by atoms with van der Waals surface area (Å²) in [6, 6.07) is 11.8. The maximum absolute atomic E-state index is 5.66. The van der Waals surface area contributed by atoms with E-state index in [0.717, 1.165) is 11.5 Å². The van der Waals surface area contributed by atoms with E-state index < -0.39 is 0 Å². The molecular weight excluding hydrogens is 224 g/mol. The van der Waals surface area contributed by atoms with Crippen LogP contribution in [0.2, 0.25) is 0 Å². The van der Waals surface area contributed by atoms with Crippen molar-refractivity contribution in [2.45, 2.75) is 6.92 Å². The summed E-state index contributed by atoms with van der Waals surface area (Å²) in [5.74, 6) is 1.27. The SMILES string of the molecule is Cc1ccc(Nc2cccc(N)n2)cc1N(C)C. The Hall–Kier alpha value is -2.23. The van der Waals surface area contributed by atoms with E-state index in [1.165, 1.54) is 11.3 Å². The predicted octanol–water partition coefficient (Wildman–Crippen LogP) is 2.78. The number of aromatic nitrogens is 1. The van der Waals surface area contributed by atoms with E-state index >= 15 is 0 Å². The van der Waals surface area contributed by atoms with Crippen LogP contribution in [0.25, 0.3) is 0 Å². The van der Waals surface area contributed by atoms with E-state index in [-0.39, 0.29) is 0 Å². The zero-order valence-corrected chi connectivity index (χ0v) is 10.9. The van der Waals surface area contributed by atoms with Gasteiger partial charge in [0.05, 0.1) is 0 Å². The van der Waals surface area contributed by atoms with Gasteiger partial charge in [-0.2, -0.15) is 0 Å². The maximum atomic E-state index is 5.66. The first kappa shape index (κ1) is 12.2. The van der Waals surface area contributed by atoms with E-state index in [4.69, 9.17) is 5.73 Å². The second-order valence-electron chi connectivity index (χ2n) is 4.47. The molecule has 3 N–H and O–H groups in total. The second kappa shape index (κ2) is 4.96. The molecule has 0 spiro atoms. The molecule has 0 aliphatic carbocycles. The topological polar surface area (TPSA) is 54.2 Å². The lowest BCUT2D eigenvalue weighted by molar-refractivity contribution is 1.11. The van der Waals surface area contributed by atoms with E-state index in [0.29, 0.717) is 5.82 Å². The number of pyridine rings is 1. The molecule has 18 heavy (non-hydrogen) atoms. The van der Waals surface area contributed by atoms with Crippen LogP contribution in [0.4, 0.5) is 23.0 Å². The van der Waals surface area contributed by atoms with E-state index in [2.05, 4.69) is 34.3 Å². The van der Waals surface area contributed by atoms with E-state index in [9.17, 15) is 0 Å². The van der Waals surface area contributed by atoms with Crippen molar-refractivity contribution in [3.05, 3.63) is 42.0 Å². The highest BCUT2D eigenvalue weighted by molar-refractivity contribution is 5.66. The Balaban J connectivity index is 2.27. The molecule has 94 valence electrons. The number of aryl methyl sites for hydroxylation is 1. The highest BCUT2D eigenvalue weighted by atomic mass is 15.1. The third-order valence-electron chi connectivity index (χ3n) is 2.73. The van der Waals surface area contributed by atoms with Crippen LogP contribution < -0.4 is 16.0 Å². The van der Waals surface area contributed by atoms with Crippen LogP contribution in [-0.2, 0) is 0 Å². The fraction of sp³-hybridized carbons (Fsp3) is 0.214. The molecule has 2 rings (SSSR count). The Morgan fingerprint density at radius 1 is 1.17 bits per heavy atom. The smallest absolute Gasteiger partial charge is 0.132 e. The van der Waals surface area contributed by atoms with Crippen LogP contribution in [0.5, 0.6) is 0 Å². The molecule has 0 unspecified atom stereocenters. The number of hydrogen-bond acceptors (Lipinski definition) is 4. The molecule has 0 atom stereocenters. The van der Waals surface area contributed by atoms with Gasteiger partial charge in [-0.3, -0.25) is 0 Å². The van der Waals surface area contributed by atoms with Gasteiger partial charge < -0.3 is 16.0 Å². The van der Waals surface area contributed by atoms with Gasteiger partial charge in [-0.05, 0) is 36.8 Å². The molecule has 4 heteroatoms. The second-order valence-corrected chi connectivity index (χ2v) is 4.47. The van der Waals surface area contributed by atoms with Crippen molar-refractivity contribution in [2.75, 3.05) is 30.0 Å². The van der Waals surface area contributed by atoms with Crippen molar-refractivity contribution in [1.82, 2.24) is 4.98 Å². The van der Waals surface area contributed by atoms with Gasteiger partial charge in [0.2, 0.25) is 0 Å². The molecule has 0 fully saturated rings. The van der Waals surface area contributed by atoms with Crippen molar-refractivity contribution in [1.29, 1.82) is 0 Å². The molecule has 2 aromatic rings. The molecule has 0 saturated carbocycles. The number of anilines is 4. The van der Waals surface area contributed by atoms with Gasteiger partial charge in [0.1, 0.15) is 11.6 Å². The number of hydrogen-bond donors (Lipinski definition) is 2.